The summed E-state index contributed by atoms with van der Waals surface area (Å²) in [4.78, 5) is 17.5. The van der Waals surface area contributed by atoms with Gasteiger partial charge in [-0.15, -0.1) is 0 Å². The highest BCUT2D eigenvalue weighted by Gasteiger charge is 2.26. The molecule has 0 saturated carbocycles. The van der Waals surface area contributed by atoms with Crippen LogP contribution < -0.4 is 9.47 Å². The van der Waals surface area contributed by atoms with Crippen molar-refractivity contribution >= 4 is 5.91 Å². The van der Waals surface area contributed by atoms with Gasteiger partial charge in [0.25, 0.3) is 5.91 Å². The van der Waals surface area contributed by atoms with Crippen molar-refractivity contribution in [2.24, 2.45) is 0 Å². The molecule has 0 atom stereocenters. The number of piperidine rings is 1. The number of nitrogens with zero attached hydrogens (tertiary/aromatic N) is 2. The van der Waals surface area contributed by atoms with E-state index in [0.29, 0.717) is 11.3 Å². The minimum atomic E-state index is 0.0720. The number of amides is 1. The van der Waals surface area contributed by atoms with Crippen LogP contribution in [-0.2, 0) is 6.54 Å². The van der Waals surface area contributed by atoms with Gasteiger partial charge in [-0.3, -0.25) is 9.69 Å². The third-order valence-electron chi connectivity index (χ3n) is 6.99. The summed E-state index contributed by atoms with van der Waals surface area (Å²) in [5, 5.41) is 0. The topological polar surface area (TPSA) is 42.0 Å². The van der Waals surface area contributed by atoms with Crippen molar-refractivity contribution in [3.63, 3.8) is 0 Å². The number of aryl methyl sites for hydroxylation is 3. The van der Waals surface area contributed by atoms with Crippen molar-refractivity contribution in [1.29, 1.82) is 0 Å². The molecule has 4 rings (SSSR count). The molecular weight excluding hydrogens is 400 g/mol. The SMILES string of the molecule is COc1ccc(C(=O)N2CCCC2)c(OC2CCN(Cc3cc(C)c(C)cc3C)CC2)c1. The summed E-state index contributed by atoms with van der Waals surface area (Å²) in [7, 11) is 1.65. The first-order valence-corrected chi connectivity index (χ1v) is 11.9. The molecule has 0 spiro atoms. The largest absolute Gasteiger partial charge is 0.497 e. The van der Waals surface area contributed by atoms with E-state index in [1.807, 2.05) is 23.1 Å². The van der Waals surface area contributed by atoms with E-state index in [2.05, 4.69) is 37.8 Å². The summed E-state index contributed by atoms with van der Waals surface area (Å²) in [6, 6.07) is 10.2. The zero-order valence-corrected chi connectivity index (χ0v) is 19.9. The number of ether oxygens (including phenoxy) is 2. The van der Waals surface area contributed by atoms with Crippen LogP contribution in [0.4, 0.5) is 0 Å². The highest BCUT2D eigenvalue weighted by atomic mass is 16.5. The lowest BCUT2D eigenvalue weighted by Gasteiger charge is -2.33. The van der Waals surface area contributed by atoms with Gasteiger partial charge in [0, 0.05) is 38.8 Å². The van der Waals surface area contributed by atoms with Gasteiger partial charge in [-0.1, -0.05) is 12.1 Å². The Morgan fingerprint density at radius 1 is 0.938 bits per heavy atom. The Kier molecular flexibility index (Phi) is 7.04. The Bertz CT molecular complexity index is 958. The number of hydrogen-bond acceptors (Lipinski definition) is 4. The fraction of sp³-hybridized carbons (Fsp3) is 0.519. The average Bonchev–Trinajstić information content (AvgIpc) is 3.33. The van der Waals surface area contributed by atoms with Gasteiger partial charge in [-0.2, -0.15) is 0 Å². The second-order valence-electron chi connectivity index (χ2n) is 9.32. The van der Waals surface area contributed by atoms with Gasteiger partial charge in [0.05, 0.1) is 12.7 Å². The van der Waals surface area contributed by atoms with Gasteiger partial charge < -0.3 is 14.4 Å². The second-order valence-corrected chi connectivity index (χ2v) is 9.32. The molecule has 32 heavy (non-hydrogen) atoms. The standard InChI is InChI=1S/C27H36N2O3/c1-19-15-21(3)22(16-20(19)2)18-28-13-9-23(10-14-28)32-26-17-24(31-4)7-8-25(26)27(30)29-11-5-6-12-29/h7-8,15-17,23H,5-6,9-14,18H2,1-4H3. The molecule has 2 aromatic rings. The van der Waals surface area contributed by atoms with Crippen LogP contribution >= 0.6 is 0 Å². The van der Waals surface area contributed by atoms with Gasteiger partial charge >= 0.3 is 0 Å². The minimum absolute atomic E-state index is 0.0720. The molecule has 0 unspecified atom stereocenters. The smallest absolute Gasteiger partial charge is 0.257 e. The molecule has 2 heterocycles. The summed E-state index contributed by atoms with van der Waals surface area (Å²) in [6.07, 6.45) is 4.19. The molecular formula is C27H36N2O3. The summed E-state index contributed by atoms with van der Waals surface area (Å²) >= 11 is 0. The molecule has 2 aromatic carbocycles. The Balaban J connectivity index is 1.40. The molecule has 2 aliphatic heterocycles. The summed E-state index contributed by atoms with van der Waals surface area (Å²) in [6.45, 7) is 11.2. The molecule has 0 aromatic heterocycles. The first-order chi connectivity index (χ1) is 15.4. The lowest BCUT2D eigenvalue weighted by molar-refractivity contribution is 0.0764. The predicted molar refractivity (Wildman–Crippen MR) is 128 cm³/mol. The second kappa shape index (κ2) is 9.95. The highest BCUT2D eigenvalue weighted by molar-refractivity contribution is 5.97. The monoisotopic (exact) mass is 436 g/mol. The molecule has 172 valence electrons. The summed E-state index contributed by atoms with van der Waals surface area (Å²) in [5.41, 5.74) is 6.15. The zero-order valence-electron chi connectivity index (χ0n) is 19.9. The zero-order chi connectivity index (χ0) is 22.7. The van der Waals surface area contributed by atoms with E-state index in [9.17, 15) is 4.79 Å². The maximum atomic E-state index is 13.0. The Morgan fingerprint density at radius 2 is 1.62 bits per heavy atom. The summed E-state index contributed by atoms with van der Waals surface area (Å²) in [5.74, 6) is 1.45. The lowest BCUT2D eigenvalue weighted by Crippen LogP contribution is -2.38. The molecule has 0 bridgehead atoms. The van der Waals surface area contributed by atoms with Crippen molar-refractivity contribution < 1.29 is 14.3 Å². The van der Waals surface area contributed by atoms with E-state index < -0.39 is 0 Å². The first-order valence-electron chi connectivity index (χ1n) is 11.9. The van der Waals surface area contributed by atoms with Gasteiger partial charge in [0.1, 0.15) is 17.6 Å². The van der Waals surface area contributed by atoms with E-state index in [4.69, 9.17) is 9.47 Å². The van der Waals surface area contributed by atoms with E-state index >= 15 is 0 Å². The van der Waals surface area contributed by atoms with Crippen LogP contribution in [0.5, 0.6) is 11.5 Å². The number of carbonyl (C=O) groups excluding carboxylic acids is 1. The van der Waals surface area contributed by atoms with E-state index in [1.54, 1.807) is 7.11 Å². The molecule has 5 nitrogen and oxygen atoms in total. The molecule has 2 fully saturated rings. The number of benzene rings is 2. The average molecular weight is 437 g/mol. The lowest BCUT2D eigenvalue weighted by atomic mass is 9.99. The van der Waals surface area contributed by atoms with E-state index in [-0.39, 0.29) is 12.0 Å². The fourth-order valence-electron chi connectivity index (χ4n) is 4.79. The predicted octanol–water partition coefficient (Wildman–Crippen LogP) is 4.90. The van der Waals surface area contributed by atoms with Crippen molar-refractivity contribution in [3.8, 4) is 11.5 Å². The van der Waals surface area contributed by atoms with Crippen molar-refractivity contribution in [1.82, 2.24) is 9.80 Å². The van der Waals surface area contributed by atoms with Crippen LogP contribution in [-0.4, -0.2) is 55.1 Å². The number of carbonyl (C=O) groups is 1. The number of likely N-dealkylation sites (tertiary alicyclic amines) is 2. The fourth-order valence-corrected chi connectivity index (χ4v) is 4.79. The van der Waals surface area contributed by atoms with Crippen molar-refractivity contribution in [2.75, 3.05) is 33.3 Å². The van der Waals surface area contributed by atoms with Crippen LogP contribution in [0.1, 0.15) is 58.3 Å². The number of methoxy groups -OCH3 is 1. The van der Waals surface area contributed by atoms with Crippen LogP contribution in [0.15, 0.2) is 30.3 Å². The number of hydrogen-bond donors (Lipinski definition) is 0. The molecule has 0 aliphatic carbocycles. The molecule has 1 amide bonds. The minimum Gasteiger partial charge on any atom is -0.497 e. The van der Waals surface area contributed by atoms with Crippen LogP contribution in [0.3, 0.4) is 0 Å². The Labute approximate surface area is 192 Å². The number of rotatable bonds is 6. The van der Waals surface area contributed by atoms with E-state index in [0.717, 1.165) is 64.2 Å². The third-order valence-corrected chi connectivity index (χ3v) is 6.99. The molecule has 0 radical (unpaired) electrons. The Hall–Kier alpha value is -2.53. The van der Waals surface area contributed by atoms with Crippen LogP contribution in [0.25, 0.3) is 0 Å². The van der Waals surface area contributed by atoms with Gasteiger partial charge in [-0.25, -0.2) is 0 Å². The molecule has 2 saturated heterocycles. The van der Waals surface area contributed by atoms with Gasteiger partial charge in [0.2, 0.25) is 0 Å². The Morgan fingerprint density at radius 3 is 2.31 bits per heavy atom. The van der Waals surface area contributed by atoms with Crippen molar-refractivity contribution in [3.05, 3.63) is 58.1 Å². The molecule has 0 N–H and O–H groups in total. The van der Waals surface area contributed by atoms with Gasteiger partial charge in [-0.05, 0) is 80.8 Å². The van der Waals surface area contributed by atoms with E-state index in [1.165, 1.54) is 22.3 Å². The first kappa shape index (κ1) is 22.7. The van der Waals surface area contributed by atoms with Crippen LogP contribution in [0.2, 0.25) is 0 Å². The maximum Gasteiger partial charge on any atom is 0.257 e. The molecule has 5 heteroatoms. The summed E-state index contributed by atoms with van der Waals surface area (Å²) < 4.78 is 11.8. The highest BCUT2D eigenvalue weighted by Crippen LogP contribution is 2.30. The third kappa shape index (κ3) is 5.09. The van der Waals surface area contributed by atoms with Crippen LogP contribution in [0, 0.1) is 20.8 Å². The normalized spacial score (nSPS) is 17.6. The van der Waals surface area contributed by atoms with Gasteiger partial charge in [0.15, 0.2) is 0 Å². The quantitative estimate of drug-likeness (QED) is 0.646. The molecule has 2 aliphatic rings. The van der Waals surface area contributed by atoms with Crippen molar-refractivity contribution in [2.45, 2.75) is 59.1 Å². The maximum absolute atomic E-state index is 13.0.